The van der Waals surface area contributed by atoms with E-state index in [-0.39, 0.29) is 0 Å². The van der Waals surface area contributed by atoms with E-state index in [1.54, 1.807) is 10.8 Å². The number of allylic oxidation sites excluding steroid dienone is 3. The molecule has 60 valence electrons. The van der Waals surface area contributed by atoms with Crippen molar-refractivity contribution in [3.8, 4) is 0 Å². The predicted molar refractivity (Wildman–Crippen MR) is 56.1 cm³/mol. The van der Waals surface area contributed by atoms with Gasteiger partial charge in [-0.3, -0.25) is 4.99 Å². The van der Waals surface area contributed by atoms with Gasteiger partial charge in [0.25, 0.3) is 0 Å². The van der Waals surface area contributed by atoms with Crippen LogP contribution in [0.4, 0.5) is 0 Å². The molecule has 1 heterocycles. The average Bonchev–Trinajstić information content (AvgIpc) is 2.35. The Labute approximate surface area is 75.5 Å². The van der Waals surface area contributed by atoms with E-state index in [4.69, 9.17) is 0 Å². The standard InChI is InChI=1S/C8H11NS2/c1-6(9-3)4-8-5-7(2)10-11-8/h4-5H,1-3H3/b8-4-,9-6?. The topological polar surface area (TPSA) is 12.4 Å². The van der Waals surface area contributed by atoms with Gasteiger partial charge in [-0.25, -0.2) is 0 Å². The molecule has 0 aromatic carbocycles. The third-order valence-electron chi connectivity index (χ3n) is 1.32. The summed E-state index contributed by atoms with van der Waals surface area (Å²) in [5.74, 6) is 0. The Morgan fingerprint density at radius 2 is 2.27 bits per heavy atom. The van der Waals surface area contributed by atoms with E-state index >= 15 is 0 Å². The van der Waals surface area contributed by atoms with Gasteiger partial charge in [0.1, 0.15) is 0 Å². The molecule has 0 saturated heterocycles. The predicted octanol–water partition coefficient (Wildman–Crippen LogP) is 3.26. The van der Waals surface area contributed by atoms with Crippen LogP contribution in [0.15, 0.2) is 27.0 Å². The summed E-state index contributed by atoms with van der Waals surface area (Å²) in [4.78, 5) is 6.73. The van der Waals surface area contributed by atoms with Crippen LogP contribution in [0.3, 0.4) is 0 Å². The average molecular weight is 185 g/mol. The maximum absolute atomic E-state index is 4.07. The van der Waals surface area contributed by atoms with Crippen LogP contribution in [0.5, 0.6) is 0 Å². The molecule has 1 rings (SSSR count). The van der Waals surface area contributed by atoms with E-state index < -0.39 is 0 Å². The number of aliphatic imine (C=N–C) groups is 1. The first-order chi connectivity index (χ1) is 5.22. The number of hydrogen-bond acceptors (Lipinski definition) is 3. The van der Waals surface area contributed by atoms with Crippen LogP contribution in [0, 0.1) is 0 Å². The molecule has 0 spiro atoms. The van der Waals surface area contributed by atoms with Gasteiger partial charge in [-0.15, -0.1) is 0 Å². The summed E-state index contributed by atoms with van der Waals surface area (Å²) < 4.78 is 0. The van der Waals surface area contributed by atoms with Crippen LogP contribution < -0.4 is 0 Å². The largest absolute Gasteiger partial charge is 0.293 e. The SMILES string of the molecule is CN=C(C)/C=C1/C=C(C)SS1. The molecule has 0 unspecified atom stereocenters. The van der Waals surface area contributed by atoms with Gasteiger partial charge in [0.05, 0.1) is 0 Å². The first-order valence-corrected chi connectivity index (χ1v) is 5.55. The molecule has 0 radical (unpaired) electrons. The van der Waals surface area contributed by atoms with Gasteiger partial charge in [-0.2, -0.15) is 0 Å². The molecule has 0 aromatic heterocycles. The molecule has 1 aliphatic rings. The van der Waals surface area contributed by atoms with Crippen molar-refractivity contribution in [2.75, 3.05) is 7.05 Å². The van der Waals surface area contributed by atoms with E-state index in [1.165, 1.54) is 9.81 Å². The zero-order valence-electron chi connectivity index (χ0n) is 6.92. The lowest BCUT2D eigenvalue weighted by Gasteiger charge is -1.90. The van der Waals surface area contributed by atoms with Crippen molar-refractivity contribution in [3.63, 3.8) is 0 Å². The Morgan fingerprint density at radius 1 is 1.55 bits per heavy atom. The highest BCUT2D eigenvalue weighted by atomic mass is 33.1. The Balaban J connectivity index is 2.70. The van der Waals surface area contributed by atoms with Crippen LogP contribution in [0.2, 0.25) is 0 Å². The first-order valence-electron chi connectivity index (χ1n) is 3.40. The highest BCUT2D eigenvalue weighted by Crippen LogP contribution is 2.44. The number of rotatable bonds is 1. The second kappa shape index (κ2) is 4.02. The maximum Gasteiger partial charge on any atom is 0.0325 e. The summed E-state index contributed by atoms with van der Waals surface area (Å²) in [7, 11) is 5.43. The highest BCUT2D eigenvalue weighted by Gasteiger charge is 2.06. The second-order valence-corrected chi connectivity index (χ2v) is 4.78. The molecular formula is C8H11NS2. The smallest absolute Gasteiger partial charge is 0.0325 e. The van der Waals surface area contributed by atoms with Gasteiger partial charge in [-0.05, 0) is 30.9 Å². The fraction of sp³-hybridized carbons (Fsp3) is 0.375. The molecule has 0 bridgehead atoms. The minimum absolute atomic E-state index is 1.08. The molecule has 0 amide bonds. The minimum Gasteiger partial charge on any atom is -0.293 e. The molecule has 1 nitrogen and oxygen atoms in total. The summed E-state index contributed by atoms with van der Waals surface area (Å²) in [6.07, 6.45) is 4.29. The van der Waals surface area contributed by atoms with Gasteiger partial charge >= 0.3 is 0 Å². The third kappa shape index (κ3) is 2.75. The highest BCUT2D eigenvalue weighted by molar-refractivity contribution is 8.80. The van der Waals surface area contributed by atoms with E-state index in [2.05, 4.69) is 24.1 Å². The van der Waals surface area contributed by atoms with Crippen molar-refractivity contribution in [2.45, 2.75) is 13.8 Å². The normalized spacial score (nSPS) is 22.6. The minimum atomic E-state index is 1.08. The summed E-state index contributed by atoms with van der Waals surface area (Å²) in [5.41, 5.74) is 1.08. The van der Waals surface area contributed by atoms with Crippen LogP contribution in [0.25, 0.3) is 0 Å². The Hall–Kier alpha value is -0.150. The Bertz CT molecular complexity index is 238. The van der Waals surface area contributed by atoms with Crippen LogP contribution >= 0.6 is 21.6 Å². The van der Waals surface area contributed by atoms with Crippen molar-refractivity contribution < 1.29 is 0 Å². The molecule has 0 aromatic rings. The molecule has 1 aliphatic heterocycles. The molecular weight excluding hydrogens is 174 g/mol. The van der Waals surface area contributed by atoms with E-state index in [0.717, 1.165) is 5.71 Å². The lowest BCUT2D eigenvalue weighted by molar-refractivity contribution is 1.43. The Kier molecular flexibility index (Phi) is 3.27. The van der Waals surface area contributed by atoms with Crippen molar-refractivity contribution in [2.24, 2.45) is 4.99 Å². The van der Waals surface area contributed by atoms with E-state index in [9.17, 15) is 0 Å². The van der Waals surface area contributed by atoms with Gasteiger partial charge in [0, 0.05) is 17.7 Å². The van der Waals surface area contributed by atoms with Gasteiger partial charge in [0.2, 0.25) is 0 Å². The fourth-order valence-electron chi connectivity index (χ4n) is 0.698. The summed E-state index contributed by atoms with van der Waals surface area (Å²) in [6, 6.07) is 0. The van der Waals surface area contributed by atoms with Crippen molar-refractivity contribution in [1.29, 1.82) is 0 Å². The van der Waals surface area contributed by atoms with Crippen molar-refractivity contribution in [1.82, 2.24) is 0 Å². The van der Waals surface area contributed by atoms with Gasteiger partial charge < -0.3 is 0 Å². The Morgan fingerprint density at radius 3 is 2.73 bits per heavy atom. The second-order valence-electron chi connectivity index (χ2n) is 2.33. The van der Waals surface area contributed by atoms with E-state index in [1.807, 2.05) is 24.8 Å². The molecule has 11 heavy (non-hydrogen) atoms. The van der Waals surface area contributed by atoms with Gasteiger partial charge in [-0.1, -0.05) is 21.6 Å². The van der Waals surface area contributed by atoms with E-state index in [0.29, 0.717) is 0 Å². The molecule has 0 fully saturated rings. The lowest BCUT2D eigenvalue weighted by atomic mass is 10.3. The molecule has 0 atom stereocenters. The first kappa shape index (κ1) is 8.94. The van der Waals surface area contributed by atoms with Crippen molar-refractivity contribution in [3.05, 3.63) is 22.0 Å². The monoisotopic (exact) mass is 185 g/mol. The fourth-order valence-corrected chi connectivity index (χ4v) is 2.74. The molecule has 0 saturated carbocycles. The maximum atomic E-state index is 4.07. The van der Waals surface area contributed by atoms with Crippen molar-refractivity contribution >= 4 is 27.3 Å². The van der Waals surface area contributed by atoms with Crippen LogP contribution in [0.1, 0.15) is 13.8 Å². The quantitative estimate of drug-likeness (QED) is 0.459. The number of nitrogens with zero attached hydrogens (tertiary/aromatic N) is 1. The zero-order chi connectivity index (χ0) is 8.27. The van der Waals surface area contributed by atoms with Crippen LogP contribution in [-0.4, -0.2) is 12.8 Å². The summed E-state index contributed by atoms with van der Waals surface area (Å²) in [5, 5.41) is 0. The third-order valence-corrected chi connectivity index (χ3v) is 3.83. The summed E-state index contributed by atoms with van der Waals surface area (Å²) in [6.45, 7) is 4.14. The summed E-state index contributed by atoms with van der Waals surface area (Å²) >= 11 is 0. The van der Waals surface area contributed by atoms with Crippen LogP contribution in [-0.2, 0) is 0 Å². The molecule has 0 N–H and O–H groups in total. The number of hydrogen-bond donors (Lipinski definition) is 0. The zero-order valence-corrected chi connectivity index (χ0v) is 8.55. The molecule has 3 heteroatoms. The lowest BCUT2D eigenvalue weighted by Crippen LogP contribution is -1.83. The van der Waals surface area contributed by atoms with Gasteiger partial charge in [0.15, 0.2) is 0 Å². The molecule has 0 aliphatic carbocycles.